The first kappa shape index (κ1) is 13.9. The Bertz CT molecular complexity index is 148. The predicted molar refractivity (Wildman–Crippen MR) is 59.4 cm³/mol. The summed E-state index contributed by atoms with van der Waals surface area (Å²) in [5, 5.41) is 0. The van der Waals surface area contributed by atoms with Gasteiger partial charge in [0.05, 0.1) is 11.7 Å². The third-order valence-corrected chi connectivity index (χ3v) is 2.71. The highest BCUT2D eigenvalue weighted by molar-refractivity contribution is 4.73. The maximum Gasteiger partial charge on any atom is 0.0623 e. The highest BCUT2D eigenvalue weighted by Gasteiger charge is 2.18. The van der Waals surface area contributed by atoms with Gasteiger partial charge in [-0.1, -0.05) is 0 Å². The summed E-state index contributed by atoms with van der Waals surface area (Å²) in [4.78, 5) is 0. The van der Waals surface area contributed by atoms with Crippen LogP contribution < -0.4 is 5.73 Å². The minimum absolute atomic E-state index is 0.0616. The van der Waals surface area contributed by atoms with Crippen molar-refractivity contribution in [2.75, 3.05) is 14.2 Å². The fourth-order valence-electron chi connectivity index (χ4n) is 1.28. The van der Waals surface area contributed by atoms with Crippen molar-refractivity contribution in [2.45, 2.75) is 57.8 Å². The Morgan fingerprint density at radius 3 is 2.29 bits per heavy atom. The zero-order valence-corrected chi connectivity index (χ0v) is 10.2. The van der Waals surface area contributed by atoms with Gasteiger partial charge < -0.3 is 15.2 Å². The Balaban J connectivity index is 3.68. The standard InChI is InChI=1S/C11H25NO2/c1-9(13-4)8-10(12)6-7-11(2,3)14-5/h9-10H,6-8,12H2,1-5H3. The van der Waals surface area contributed by atoms with Gasteiger partial charge in [0.2, 0.25) is 0 Å². The third-order valence-electron chi connectivity index (χ3n) is 2.71. The molecule has 0 radical (unpaired) electrons. The van der Waals surface area contributed by atoms with E-state index in [-0.39, 0.29) is 17.7 Å². The van der Waals surface area contributed by atoms with Gasteiger partial charge in [-0.25, -0.2) is 0 Å². The van der Waals surface area contributed by atoms with Crippen molar-refractivity contribution < 1.29 is 9.47 Å². The van der Waals surface area contributed by atoms with Crippen molar-refractivity contribution >= 4 is 0 Å². The molecule has 0 amide bonds. The van der Waals surface area contributed by atoms with Crippen LogP contribution in [-0.4, -0.2) is 32.0 Å². The molecule has 2 atom stereocenters. The zero-order chi connectivity index (χ0) is 11.2. The van der Waals surface area contributed by atoms with Gasteiger partial charge in [-0.2, -0.15) is 0 Å². The number of ether oxygens (including phenoxy) is 2. The van der Waals surface area contributed by atoms with Crippen LogP contribution in [0.3, 0.4) is 0 Å². The summed E-state index contributed by atoms with van der Waals surface area (Å²) in [6, 6.07) is 0.208. The lowest BCUT2D eigenvalue weighted by molar-refractivity contribution is 0.0108. The molecule has 86 valence electrons. The molecule has 2 N–H and O–H groups in total. The summed E-state index contributed by atoms with van der Waals surface area (Å²) < 4.78 is 10.5. The van der Waals surface area contributed by atoms with E-state index in [0.29, 0.717) is 0 Å². The average molecular weight is 203 g/mol. The topological polar surface area (TPSA) is 44.5 Å². The molecule has 0 fully saturated rings. The summed E-state index contributed by atoms with van der Waals surface area (Å²) in [5.74, 6) is 0. The maximum absolute atomic E-state index is 5.98. The van der Waals surface area contributed by atoms with Crippen LogP contribution in [0, 0.1) is 0 Å². The van der Waals surface area contributed by atoms with Crippen LogP contribution in [0.15, 0.2) is 0 Å². The normalized spacial score (nSPS) is 16.7. The van der Waals surface area contributed by atoms with Crippen LogP contribution in [0.5, 0.6) is 0 Å². The van der Waals surface area contributed by atoms with Crippen molar-refractivity contribution in [1.82, 2.24) is 0 Å². The van der Waals surface area contributed by atoms with E-state index in [9.17, 15) is 0 Å². The second-order valence-corrected chi connectivity index (χ2v) is 4.54. The summed E-state index contributed by atoms with van der Waals surface area (Å²) in [5.41, 5.74) is 5.91. The Hall–Kier alpha value is -0.120. The summed E-state index contributed by atoms with van der Waals surface area (Å²) in [7, 11) is 3.46. The molecule has 0 aromatic rings. The fraction of sp³-hybridized carbons (Fsp3) is 1.00. The average Bonchev–Trinajstić information content (AvgIpc) is 2.15. The van der Waals surface area contributed by atoms with Crippen LogP contribution >= 0.6 is 0 Å². The summed E-state index contributed by atoms with van der Waals surface area (Å²) in [6.07, 6.45) is 3.13. The van der Waals surface area contributed by atoms with Gasteiger partial charge in [0, 0.05) is 20.3 Å². The van der Waals surface area contributed by atoms with Gasteiger partial charge in [0.1, 0.15) is 0 Å². The van der Waals surface area contributed by atoms with Gasteiger partial charge in [0.25, 0.3) is 0 Å². The van der Waals surface area contributed by atoms with Gasteiger partial charge >= 0.3 is 0 Å². The van der Waals surface area contributed by atoms with E-state index in [1.54, 1.807) is 14.2 Å². The molecule has 0 spiro atoms. The van der Waals surface area contributed by atoms with Gasteiger partial charge in [-0.15, -0.1) is 0 Å². The lowest BCUT2D eigenvalue weighted by atomic mass is 9.97. The molecule has 0 aliphatic heterocycles. The fourth-order valence-corrected chi connectivity index (χ4v) is 1.28. The predicted octanol–water partition coefficient (Wildman–Crippen LogP) is 1.94. The van der Waals surface area contributed by atoms with Crippen molar-refractivity contribution in [3.05, 3.63) is 0 Å². The third kappa shape index (κ3) is 6.35. The summed E-state index contributed by atoms with van der Waals surface area (Å²) >= 11 is 0. The molecule has 0 aromatic carbocycles. The SMILES string of the molecule is COC(C)CC(N)CCC(C)(C)OC. The molecule has 3 heteroatoms. The molecular formula is C11H25NO2. The monoisotopic (exact) mass is 203 g/mol. The van der Waals surface area contributed by atoms with E-state index >= 15 is 0 Å². The number of hydrogen-bond donors (Lipinski definition) is 1. The molecule has 0 heterocycles. The Morgan fingerprint density at radius 1 is 1.29 bits per heavy atom. The minimum Gasteiger partial charge on any atom is -0.382 e. The second kappa shape index (κ2) is 6.38. The van der Waals surface area contributed by atoms with Crippen LogP contribution in [0.2, 0.25) is 0 Å². The molecule has 14 heavy (non-hydrogen) atoms. The number of hydrogen-bond acceptors (Lipinski definition) is 3. The van der Waals surface area contributed by atoms with E-state index in [0.717, 1.165) is 19.3 Å². The molecular weight excluding hydrogens is 178 g/mol. The Kier molecular flexibility index (Phi) is 6.33. The van der Waals surface area contributed by atoms with Gasteiger partial charge in [-0.05, 0) is 40.0 Å². The lowest BCUT2D eigenvalue weighted by Gasteiger charge is -2.25. The first-order valence-electron chi connectivity index (χ1n) is 5.25. The molecule has 0 aromatic heterocycles. The molecule has 0 bridgehead atoms. The highest BCUT2D eigenvalue weighted by Crippen LogP contribution is 2.17. The van der Waals surface area contributed by atoms with E-state index in [2.05, 4.69) is 13.8 Å². The molecule has 0 saturated heterocycles. The minimum atomic E-state index is -0.0616. The second-order valence-electron chi connectivity index (χ2n) is 4.54. The van der Waals surface area contributed by atoms with Crippen molar-refractivity contribution in [2.24, 2.45) is 5.73 Å². The molecule has 0 aliphatic rings. The van der Waals surface area contributed by atoms with Crippen LogP contribution in [0.4, 0.5) is 0 Å². The maximum atomic E-state index is 5.98. The van der Waals surface area contributed by atoms with Crippen molar-refractivity contribution in [3.63, 3.8) is 0 Å². The van der Waals surface area contributed by atoms with Crippen LogP contribution in [-0.2, 0) is 9.47 Å². The van der Waals surface area contributed by atoms with E-state index in [4.69, 9.17) is 15.2 Å². The molecule has 2 unspecified atom stereocenters. The molecule has 0 rings (SSSR count). The quantitative estimate of drug-likeness (QED) is 0.687. The molecule has 3 nitrogen and oxygen atoms in total. The number of nitrogens with two attached hydrogens (primary N) is 1. The molecule has 0 saturated carbocycles. The van der Waals surface area contributed by atoms with Crippen LogP contribution in [0.1, 0.15) is 40.0 Å². The number of rotatable bonds is 7. The Morgan fingerprint density at radius 2 is 1.86 bits per heavy atom. The van der Waals surface area contributed by atoms with Gasteiger partial charge in [-0.3, -0.25) is 0 Å². The Labute approximate surface area is 88.0 Å². The summed E-state index contributed by atoms with van der Waals surface area (Å²) in [6.45, 7) is 6.21. The van der Waals surface area contributed by atoms with Crippen molar-refractivity contribution in [3.8, 4) is 0 Å². The largest absolute Gasteiger partial charge is 0.382 e. The van der Waals surface area contributed by atoms with E-state index in [1.165, 1.54) is 0 Å². The zero-order valence-electron chi connectivity index (χ0n) is 10.2. The van der Waals surface area contributed by atoms with E-state index < -0.39 is 0 Å². The molecule has 0 aliphatic carbocycles. The lowest BCUT2D eigenvalue weighted by Crippen LogP contribution is -2.30. The van der Waals surface area contributed by atoms with Gasteiger partial charge in [0.15, 0.2) is 0 Å². The van der Waals surface area contributed by atoms with E-state index in [1.807, 2.05) is 6.92 Å². The van der Waals surface area contributed by atoms with Crippen LogP contribution in [0.25, 0.3) is 0 Å². The van der Waals surface area contributed by atoms with Crippen molar-refractivity contribution in [1.29, 1.82) is 0 Å². The first-order valence-corrected chi connectivity index (χ1v) is 5.25. The number of methoxy groups -OCH3 is 2. The smallest absolute Gasteiger partial charge is 0.0623 e. The highest BCUT2D eigenvalue weighted by atomic mass is 16.5. The first-order chi connectivity index (χ1) is 6.41.